The van der Waals surface area contributed by atoms with Gasteiger partial charge in [0.05, 0.1) is 29.7 Å². The van der Waals surface area contributed by atoms with E-state index in [-0.39, 0.29) is 23.3 Å². The van der Waals surface area contributed by atoms with Crippen LogP contribution in [0.15, 0.2) is 36.8 Å². The van der Waals surface area contributed by atoms with Crippen LogP contribution in [0.1, 0.15) is 19.8 Å². The third-order valence-electron chi connectivity index (χ3n) is 5.90. The van der Waals surface area contributed by atoms with Crippen LogP contribution in [0.2, 0.25) is 0 Å². The van der Waals surface area contributed by atoms with E-state index < -0.39 is 11.4 Å². The summed E-state index contributed by atoms with van der Waals surface area (Å²) < 4.78 is 15.8. The zero-order valence-corrected chi connectivity index (χ0v) is 15.2. The molecule has 0 unspecified atom stereocenters. The molecule has 3 aromatic heterocycles. The van der Waals surface area contributed by atoms with Crippen molar-refractivity contribution in [2.45, 2.75) is 19.8 Å². The Morgan fingerprint density at radius 1 is 1.32 bits per heavy atom. The quantitative estimate of drug-likeness (QED) is 0.656. The maximum absolute atomic E-state index is 14.2. The van der Waals surface area contributed by atoms with Crippen LogP contribution in [0.4, 0.5) is 10.2 Å². The number of pyridine rings is 1. The minimum atomic E-state index is -1.01. The Kier molecular flexibility index (Phi) is 3.50. The van der Waals surface area contributed by atoms with Gasteiger partial charge in [0.15, 0.2) is 5.82 Å². The number of rotatable bonds is 3. The second kappa shape index (κ2) is 5.83. The van der Waals surface area contributed by atoms with Gasteiger partial charge in [-0.2, -0.15) is 14.8 Å². The highest BCUT2D eigenvalue weighted by molar-refractivity contribution is 6.04. The third kappa shape index (κ3) is 2.19. The summed E-state index contributed by atoms with van der Waals surface area (Å²) in [4.78, 5) is 23.2. The van der Waals surface area contributed by atoms with Crippen molar-refractivity contribution < 1.29 is 9.18 Å². The van der Waals surface area contributed by atoms with Crippen LogP contribution in [0, 0.1) is 34.5 Å². The summed E-state index contributed by atoms with van der Waals surface area (Å²) in [6.07, 6.45) is 6.38. The minimum absolute atomic E-state index is 0.102. The zero-order valence-electron chi connectivity index (χ0n) is 15.2. The fourth-order valence-corrected chi connectivity index (χ4v) is 4.30. The van der Waals surface area contributed by atoms with E-state index in [2.05, 4.69) is 21.1 Å². The smallest absolute Gasteiger partial charge is 0.249 e. The molecule has 1 aliphatic carbocycles. The van der Waals surface area contributed by atoms with E-state index in [1.54, 1.807) is 40.0 Å². The fourth-order valence-electron chi connectivity index (χ4n) is 4.30. The van der Waals surface area contributed by atoms with Crippen LogP contribution in [0.3, 0.4) is 0 Å². The number of nitrogens with zero attached hydrogens (tertiary/aromatic N) is 6. The van der Waals surface area contributed by atoms with Gasteiger partial charge in [-0.05, 0) is 37.0 Å². The lowest BCUT2D eigenvalue weighted by atomic mass is 9.75. The van der Waals surface area contributed by atoms with Gasteiger partial charge in [0.1, 0.15) is 10.9 Å². The Labute approximate surface area is 160 Å². The molecule has 0 N–H and O–H groups in total. The van der Waals surface area contributed by atoms with Crippen molar-refractivity contribution >= 4 is 17.2 Å². The fraction of sp³-hybridized carbons (Fsp3) is 0.350. The normalized spacial score (nSPS) is 24.7. The Morgan fingerprint density at radius 3 is 2.86 bits per heavy atom. The third-order valence-corrected chi connectivity index (χ3v) is 5.90. The first-order chi connectivity index (χ1) is 13.6. The van der Waals surface area contributed by atoms with Gasteiger partial charge >= 0.3 is 0 Å². The van der Waals surface area contributed by atoms with E-state index in [0.29, 0.717) is 23.6 Å². The summed E-state index contributed by atoms with van der Waals surface area (Å²) in [5.41, 5.74) is 0.194. The van der Waals surface area contributed by atoms with Gasteiger partial charge in [0, 0.05) is 18.7 Å². The second-order valence-electron chi connectivity index (χ2n) is 7.52. The molecular formula is C20H17FN6O. The molecule has 2 aliphatic rings. The van der Waals surface area contributed by atoms with Crippen LogP contribution < -0.4 is 4.90 Å². The van der Waals surface area contributed by atoms with Gasteiger partial charge < -0.3 is 0 Å². The Bertz CT molecular complexity index is 1150. The molecule has 0 radical (unpaired) electrons. The molecule has 7 nitrogen and oxygen atoms in total. The lowest BCUT2D eigenvalue weighted by molar-refractivity contribution is -0.124. The number of halogens is 1. The van der Waals surface area contributed by atoms with E-state index in [1.807, 2.05) is 6.92 Å². The summed E-state index contributed by atoms with van der Waals surface area (Å²) >= 11 is 0. The summed E-state index contributed by atoms with van der Waals surface area (Å²) in [6.45, 7) is 2.34. The van der Waals surface area contributed by atoms with Crippen molar-refractivity contribution in [3.63, 3.8) is 0 Å². The van der Waals surface area contributed by atoms with E-state index in [4.69, 9.17) is 0 Å². The van der Waals surface area contributed by atoms with Gasteiger partial charge in [0.2, 0.25) is 11.9 Å². The molecule has 1 saturated heterocycles. The lowest BCUT2D eigenvalue weighted by Crippen LogP contribution is -2.37. The predicted octanol–water partition coefficient (Wildman–Crippen LogP) is 2.83. The van der Waals surface area contributed by atoms with Crippen molar-refractivity contribution in [2.75, 3.05) is 11.4 Å². The summed E-state index contributed by atoms with van der Waals surface area (Å²) in [6, 6.07) is 7.30. The number of nitriles is 1. The Morgan fingerprint density at radius 2 is 2.14 bits per heavy atom. The van der Waals surface area contributed by atoms with Crippen molar-refractivity contribution in [3.8, 4) is 17.3 Å². The van der Waals surface area contributed by atoms with E-state index in [0.717, 1.165) is 12.8 Å². The van der Waals surface area contributed by atoms with Gasteiger partial charge in [-0.1, -0.05) is 6.92 Å². The minimum Gasteiger partial charge on any atom is -0.293 e. The standard InChI is InChI=1S/C20H17FN6O/c1-12-9-26(19(28)20(12,11-22)13-4-5-13)18-16-6-8-24-27(16)10-15(25-18)14-3-2-7-23-17(14)21/h2-3,6-8,10,12-13H,4-5,9H2,1H3/t12-,20+/m1/s1. The van der Waals surface area contributed by atoms with Crippen LogP contribution in [0.25, 0.3) is 16.8 Å². The number of hydrogen-bond donors (Lipinski definition) is 0. The number of hydrogen-bond acceptors (Lipinski definition) is 5. The number of carbonyl (C=O) groups excluding carboxylic acids is 1. The maximum Gasteiger partial charge on any atom is 0.249 e. The molecule has 140 valence electrons. The lowest BCUT2D eigenvalue weighted by Gasteiger charge is -2.23. The number of anilines is 1. The van der Waals surface area contributed by atoms with Crippen molar-refractivity contribution in [2.24, 2.45) is 17.3 Å². The first kappa shape index (κ1) is 16.8. The summed E-state index contributed by atoms with van der Waals surface area (Å²) in [5.74, 6) is -0.471. The molecule has 28 heavy (non-hydrogen) atoms. The molecule has 4 heterocycles. The van der Waals surface area contributed by atoms with Crippen LogP contribution in [-0.4, -0.2) is 32.0 Å². The van der Waals surface area contributed by atoms with Crippen molar-refractivity contribution in [3.05, 3.63) is 42.7 Å². The molecule has 1 saturated carbocycles. The first-order valence-corrected chi connectivity index (χ1v) is 9.24. The highest BCUT2D eigenvalue weighted by Crippen LogP contribution is 2.54. The summed E-state index contributed by atoms with van der Waals surface area (Å²) in [7, 11) is 0. The molecule has 0 bridgehead atoms. The highest BCUT2D eigenvalue weighted by atomic mass is 19.1. The van der Waals surface area contributed by atoms with Gasteiger partial charge in [-0.3, -0.25) is 9.69 Å². The SMILES string of the molecule is C[C@@H]1CN(c2nc(-c3cccnc3F)cn3nccc23)C(=O)[C@]1(C#N)C1CC1. The number of fused-ring (bicyclic) bond motifs is 1. The van der Waals surface area contributed by atoms with Gasteiger partial charge in [0.25, 0.3) is 0 Å². The monoisotopic (exact) mass is 376 g/mol. The van der Waals surface area contributed by atoms with Crippen molar-refractivity contribution in [1.82, 2.24) is 19.6 Å². The molecule has 8 heteroatoms. The molecule has 0 spiro atoms. The second-order valence-corrected chi connectivity index (χ2v) is 7.52. The highest BCUT2D eigenvalue weighted by Gasteiger charge is 2.61. The number of aromatic nitrogens is 4. The van der Waals surface area contributed by atoms with Crippen LogP contribution in [-0.2, 0) is 4.79 Å². The molecule has 1 amide bonds. The number of carbonyl (C=O) groups is 1. The molecule has 1 aliphatic heterocycles. The zero-order chi connectivity index (χ0) is 19.5. The maximum atomic E-state index is 14.2. The topological polar surface area (TPSA) is 87.2 Å². The average molecular weight is 376 g/mol. The van der Waals surface area contributed by atoms with E-state index in [1.165, 1.54) is 6.20 Å². The van der Waals surface area contributed by atoms with E-state index >= 15 is 0 Å². The molecule has 5 rings (SSSR count). The molecule has 2 atom stereocenters. The van der Waals surface area contributed by atoms with Crippen LogP contribution >= 0.6 is 0 Å². The first-order valence-electron chi connectivity index (χ1n) is 9.24. The van der Waals surface area contributed by atoms with Gasteiger partial charge in [-0.15, -0.1) is 0 Å². The van der Waals surface area contributed by atoms with Crippen molar-refractivity contribution in [1.29, 1.82) is 5.26 Å². The van der Waals surface area contributed by atoms with Gasteiger partial charge in [-0.25, -0.2) is 14.5 Å². The molecular weight excluding hydrogens is 359 g/mol. The molecule has 2 fully saturated rings. The number of amides is 1. The van der Waals surface area contributed by atoms with E-state index in [9.17, 15) is 14.4 Å². The largest absolute Gasteiger partial charge is 0.293 e. The van der Waals surface area contributed by atoms with Crippen LogP contribution in [0.5, 0.6) is 0 Å². The molecule has 3 aromatic rings. The Balaban J connectivity index is 1.68. The summed E-state index contributed by atoms with van der Waals surface area (Å²) in [5, 5.41) is 14.1. The molecule has 0 aromatic carbocycles. The predicted molar refractivity (Wildman–Crippen MR) is 98.5 cm³/mol. The Hall–Kier alpha value is -3.34. The average Bonchev–Trinajstić information content (AvgIpc) is 3.37.